The monoisotopic (exact) mass is 368 g/mol. The van der Waals surface area contributed by atoms with Gasteiger partial charge in [-0.05, 0) is 0 Å². The van der Waals surface area contributed by atoms with Crippen LogP contribution in [-0.4, -0.2) is 26.0 Å². The van der Waals surface area contributed by atoms with E-state index in [1.54, 1.807) is 6.08 Å². The van der Waals surface area contributed by atoms with Gasteiger partial charge in [0.1, 0.15) is 6.04 Å². The summed E-state index contributed by atoms with van der Waals surface area (Å²) < 4.78 is 21.7. The molecule has 0 aliphatic rings. The Morgan fingerprint density at radius 1 is 1.08 bits per heavy atom. The number of hydrogen-bond acceptors (Lipinski definition) is 5. The van der Waals surface area contributed by atoms with Gasteiger partial charge in [-0.15, -0.1) is 0 Å². The van der Waals surface area contributed by atoms with Crippen molar-refractivity contribution < 1.29 is 13.6 Å². The molecule has 1 unspecified atom stereocenters. The molecule has 2 aromatic rings. The zero-order chi connectivity index (χ0) is 18.8. The van der Waals surface area contributed by atoms with E-state index in [4.69, 9.17) is 9.05 Å². The molecule has 0 fully saturated rings. The first kappa shape index (κ1) is 19.8. The van der Waals surface area contributed by atoms with E-state index in [0.717, 1.165) is 16.8 Å². The van der Waals surface area contributed by atoms with Crippen molar-refractivity contribution in [1.29, 1.82) is 5.26 Å². The Balaban J connectivity index is 2.31. The molecule has 0 saturated heterocycles. The number of aliphatic imine (C=N–C) groups is 1. The molecule has 5 nitrogen and oxygen atoms in total. The Kier molecular flexibility index (Phi) is 7.50. The van der Waals surface area contributed by atoms with Crippen molar-refractivity contribution in [3.63, 3.8) is 0 Å². The van der Waals surface area contributed by atoms with E-state index in [0.29, 0.717) is 6.42 Å². The largest absolute Gasteiger partial charge is 0.353 e. The molecule has 0 amide bonds. The smallest absolute Gasteiger partial charge is 0.309 e. The lowest BCUT2D eigenvalue weighted by molar-refractivity contribution is 0.286. The topological polar surface area (TPSA) is 71.7 Å². The van der Waals surface area contributed by atoms with E-state index in [2.05, 4.69) is 11.1 Å². The first-order valence-electron chi connectivity index (χ1n) is 8.09. The van der Waals surface area contributed by atoms with Crippen LogP contribution in [0, 0.1) is 11.3 Å². The van der Waals surface area contributed by atoms with Crippen LogP contribution in [0.25, 0.3) is 0 Å². The molecular formula is C20H21N2O3P. The van der Waals surface area contributed by atoms with Gasteiger partial charge in [-0.3, -0.25) is 9.56 Å². The van der Waals surface area contributed by atoms with Crippen LogP contribution in [0.5, 0.6) is 0 Å². The van der Waals surface area contributed by atoms with Crippen LogP contribution >= 0.6 is 7.60 Å². The molecule has 0 saturated carbocycles. The maximum absolute atomic E-state index is 12.0. The summed E-state index contributed by atoms with van der Waals surface area (Å²) in [6.45, 7) is 0. The van der Waals surface area contributed by atoms with Crippen molar-refractivity contribution in [2.45, 2.75) is 12.5 Å². The Hall–Kier alpha value is -2.51. The zero-order valence-corrected chi connectivity index (χ0v) is 15.7. The Labute approximate surface area is 154 Å². The Morgan fingerprint density at radius 3 is 2.00 bits per heavy atom. The summed E-state index contributed by atoms with van der Waals surface area (Å²) in [6.07, 6.45) is 1.91. The highest BCUT2D eigenvalue weighted by Crippen LogP contribution is 2.47. The van der Waals surface area contributed by atoms with E-state index >= 15 is 0 Å². The summed E-state index contributed by atoms with van der Waals surface area (Å²) in [5.41, 5.74) is 2.61. The second-order valence-electron chi connectivity index (χ2n) is 5.38. The fraction of sp³-hybridized carbons (Fsp3) is 0.200. The molecule has 0 bridgehead atoms. The number of nitriles is 1. The third-order valence-electron chi connectivity index (χ3n) is 3.68. The third-order valence-corrected chi connectivity index (χ3v) is 5.28. The summed E-state index contributed by atoms with van der Waals surface area (Å²) in [5.74, 6) is 1.36. The highest BCUT2D eigenvalue weighted by molar-refractivity contribution is 7.57. The van der Waals surface area contributed by atoms with Crippen LogP contribution in [-0.2, 0) is 13.6 Å². The van der Waals surface area contributed by atoms with Crippen LogP contribution in [0.3, 0.4) is 0 Å². The minimum absolute atomic E-state index is 0.302. The van der Waals surface area contributed by atoms with E-state index in [9.17, 15) is 9.83 Å². The Morgan fingerprint density at radius 2 is 1.58 bits per heavy atom. The van der Waals surface area contributed by atoms with Gasteiger partial charge in [-0.2, -0.15) is 5.26 Å². The number of hydrogen-bond donors (Lipinski definition) is 0. The molecule has 6 heteroatoms. The van der Waals surface area contributed by atoms with Gasteiger partial charge in [-0.1, -0.05) is 66.7 Å². The predicted molar refractivity (Wildman–Crippen MR) is 103 cm³/mol. The lowest BCUT2D eigenvalue weighted by atomic mass is 10.0. The summed E-state index contributed by atoms with van der Waals surface area (Å²) >= 11 is 0. The van der Waals surface area contributed by atoms with E-state index < -0.39 is 13.6 Å². The first-order valence-corrected chi connectivity index (χ1v) is 9.70. The Bertz CT molecular complexity index is 793. The van der Waals surface area contributed by atoms with E-state index in [1.165, 1.54) is 20.0 Å². The lowest BCUT2D eigenvalue weighted by Crippen LogP contribution is -2.09. The summed E-state index contributed by atoms with van der Waals surface area (Å²) in [6, 6.07) is 21.0. The summed E-state index contributed by atoms with van der Waals surface area (Å²) in [5, 5.41) is 9.49. The van der Waals surface area contributed by atoms with Gasteiger partial charge in [0.15, 0.2) is 0 Å². The van der Waals surface area contributed by atoms with Crippen LogP contribution < -0.4 is 0 Å². The van der Waals surface area contributed by atoms with Gasteiger partial charge < -0.3 is 9.05 Å². The van der Waals surface area contributed by atoms with Crippen molar-refractivity contribution >= 4 is 13.3 Å². The zero-order valence-electron chi connectivity index (χ0n) is 14.8. The minimum atomic E-state index is -3.24. The maximum atomic E-state index is 12.0. The highest BCUT2D eigenvalue weighted by atomic mass is 31.2. The van der Waals surface area contributed by atoms with Gasteiger partial charge in [0.2, 0.25) is 0 Å². The quantitative estimate of drug-likeness (QED) is 0.495. The number of nitrogens with zero attached hydrogens (tertiary/aromatic N) is 2. The van der Waals surface area contributed by atoms with Gasteiger partial charge in [0.25, 0.3) is 0 Å². The molecule has 26 heavy (non-hydrogen) atoms. The van der Waals surface area contributed by atoms with Crippen molar-refractivity contribution in [1.82, 2.24) is 0 Å². The molecule has 2 aromatic carbocycles. The fourth-order valence-corrected chi connectivity index (χ4v) is 3.09. The highest BCUT2D eigenvalue weighted by Gasteiger charge is 2.16. The van der Waals surface area contributed by atoms with Gasteiger partial charge in [0, 0.05) is 37.6 Å². The molecule has 0 radical (unpaired) electrons. The molecule has 0 heterocycles. The van der Waals surface area contributed by atoms with Crippen LogP contribution in [0.2, 0.25) is 0 Å². The maximum Gasteiger partial charge on any atom is 0.353 e. The standard InChI is InChI=1S/C20H21N2O3P/c1-24-26(23,25-2)15-9-14-19(16-21)22-20(17-10-5-3-6-11-17)18-12-7-4-8-13-18/h3-13,15,19H,14H2,1-2H3/b15-9+. The van der Waals surface area contributed by atoms with E-state index in [-0.39, 0.29) is 0 Å². The van der Waals surface area contributed by atoms with Crippen molar-refractivity contribution in [3.05, 3.63) is 83.7 Å². The SMILES string of the molecule is COP(=O)(/C=C/CC(C#N)N=C(c1ccccc1)c1ccccc1)OC. The normalized spacial score (nSPS) is 12.5. The first-order chi connectivity index (χ1) is 12.6. The summed E-state index contributed by atoms with van der Waals surface area (Å²) in [4.78, 5) is 4.64. The van der Waals surface area contributed by atoms with Crippen molar-refractivity contribution in [3.8, 4) is 6.07 Å². The molecule has 0 aromatic heterocycles. The second-order valence-corrected chi connectivity index (χ2v) is 7.49. The van der Waals surface area contributed by atoms with Crippen LogP contribution in [0.1, 0.15) is 17.5 Å². The molecule has 0 aliphatic heterocycles. The fourth-order valence-electron chi connectivity index (χ4n) is 2.31. The van der Waals surface area contributed by atoms with Crippen LogP contribution in [0.15, 0.2) is 77.5 Å². The second kappa shape index (κ2) is 9.84. The van der Waals surface area contributed by atoms with E-state index in [1.807, 2.05) is 60.7 Å². The predicted octanol–water partition coefficient (Wildman–Crippen LogP) is 4.81. The van der Waals surface area contributed by atoms with Gasteiger partial charge in [-0.25, -0.2) is 0 Å². The average molecular weight is 368 g/mol. The van der Waals surface area contributed by atoms with Crippen molar-refractivity contribution in [2.75, 3.05) is 14.2 Å². The molecular weight excluding hydrogens is 347 g/mol. The van der Waals surface area contributed by atoms with Crippen molar-refractivity contribution in [2.24, 2.45) is 4.99 Å². The third kappa shape index (κ3) is 5.50. The summed E-state index contributed by atoms with van der Waals surface area (Å²) in [7, 11) is -0.603. The molecule has 134 valence electrons. The molecule has 0 spiro atoms. The molecule has 2 rings (SSSR count). The molecule has 0 N–H and O–H groups in total. The van der Waals surface area contributed by atoms with Crippen LogP contribution in [0.4, 0.5) is 0 Å². The number of benzene rings is 2. The van der Waals surface area contributed by atoms with Gasteiger partial charge >= 0.3 is 7.60 Å². The minimum Gasteiger partial charge on any atom is -0.309 e. The van der Waals surface area contributed by atoms with Gasteiger partial charge in [0.05, 0.1) is 11.8 Å². The lowest BCUT2D eigenvalue weighted by Gasteiger charge is -2.10. The molecule has 1 atom stereocenters. The average Bonchev–Trinajstić information content (AvgIpc) is 2.71. The number of rotatable bonds is 8. The molecule has 0 aliphatic carbocycles.